The number of rotatable bonds is 3. The van der Waals surface area contributed by atoms with Crippen molar-refractivity contribution in [1.29, 1.82) is 0 Å². The second-order valence-corrected chi connectivity index (χ2v) is 5.91. The molecule has 23 heavy (non-hydrogen) atoms. The zero-order chi connectivity index (χ0) is 16.6. The maximum atomic E-state index is 12.6. The summed E-state index contributed by atoms with van der Waals surface area (Å²) in [4.78, 5) is 38.8. The highest BCUT2D eigenvalue weighted by atomic mass is 16.4. The number of amides is 2. The van der Waals surface area contributed by atoms with Crippen LogP contribution in [0.4, 0.5) is 5.69 Å². The highest BCUT2D eigenvalue weighted by Crippen LogP contribution is 2.27. The van der Waals surface area contributed by atoms with Gasteiger partial charge >= 0.3 is 5.97 Å². The van der Waals surface area contributed by atoms with Gasteiger partial charge in [0.2, 0.25) is 5.91 Å². The number of likely N-dealkylation sites (tertiary alicyclic amines) is 1. The average Bonchev–Trinajstić information content (AvgIpc) is 2.83. The van der Waals surface area contributed by atoms with Crippen molar-refractivity contribution in [3.05, 3.63) is 29.8 Å². The summed E-state index contributed by atoms with van der Waals surface area (Å²) in [6, 6.07) is 5.21. The van der Waals surface area contributed by atoms with Crippen LogP contribution in [0.25, 0.3) is 0 Å². The molecule has 2 N–H and O–H groups in total. The fourth-order valence-electron chi connectivity index (χ4n) is 3.12. The van der Waals surface area contributed by atoms with Crippen molar-refractivity contribution < 1.29 is 24.6 Å². The van der Waals surface area contributed by atoms with Crippen molar-refractivity contribution in [3.63, 3.8) is 0 Å². The zero-order valence-electron chi connectivity index (χ0n) is 12.5. The molecule has 3 rings (SSSR count). The Balaban J connectivity index is 1.77. The third kappa shape index (κ3) is 2.97. The fourth-order valence-corrected chi connectivity index (χ4v) is 3.12. The summed E-state index contributed by atoms with van der Waals surface area (Å²) in [5.41, 5.74) is 0.499. The standard InChI is InChI=1S/C16H18N2O5/c19-12-5-7-17(8-6-12)13-9-14(20)18(15(13)21)11-3-1-10(2-4-11)16(22)23/h1-4,12-13,19H,5-9H2,(H,22,23)/t13-/m0/s1. The van der Waals surface area contributed by atoms with Crippen LogP contribution in [-0.2, 0) is 9.59 Å². The number of hydrogen-bond donors (Lipinski definition) is 2. The molecule has 2 aliphatic heterocycles. The van der Waals surface area contributed by atoms with Crippen LogP contribution in [0.2, 0.25) is 0 Å². The van der Waals surface area contributed by atoms with Crippen molar-refractivity contribution in [2.75, 3.05) is 18.0 Å². The molecule has 1 aromatic rings. The van der Waals surface area contributed by atoms with Crippen molar-refractivity contribution >= 4 is 23.5 Å². The molecule has 0 aromatic heterocycles. The minimum absolute atomic E-state index is 0.106. The van der Waals surface area contributed by atoms with Gasteiger partial charge in [0.1, 0.15) is 0 Å². The van der Waals surface area contributed by atoms with Crippen molar-refractivity contribution in [2.24, 2.45) is 0 Å². The van der Waals surface area contributed by atoms with Crippen LogP contribution in [0.3, 0.4) is 0 Å². The van der Waals surface area contributed by atoms with E-state index in [1.807, 2.05) is 4.90 Å². The lowest BCUT2D eigenvalue weighted by molar-refractivity contribution is -0.123. The Morgan fingerprint density at radius 1 is 1.09 bits per heavy atom. The van der Waals surface area contributed by atoms with Gasteiger partial charge in [0, 0.05) is 13.1 Å². The molecule has 7 heteroatoms. The molecule has 7 nitrogen and oxygen atoms in total. The van der Waals surface area contributed by atoms with E-state index in [1.54, 1.807) is 0 Å². The summed E-state index contributed by atoms with van der Waals surface area (Å²) in [7, 11) is 0. The topological polar surface area (TPSA) is 98.2 Å². The lowest BCUT2D eigenvalue weighted by atomic mass is 10.1. The van der Waals surface area contributed by atoms with E-state index in [2.05, 4.69) is 0 Å². The summed E-state index contributed by atoms with van der Waals surface area (Å²) < 4.78 is 0. The number of aliphatic hydroxyl groups excluding tert-OH is 1. The molecule has 0 aliphatic carbocycles. The minimum Gasteiger partial charge on any atom is -0.478 e. The van der Waals surface area contributed by atoms with Crippen molar-refractivity contribution in [1.82, 2.24) is 4.90 Å². The Bertz CT molecular complexity index is 634. The number of aliphatic hydroxyl groups is 1. The SMILES string of the molecule is O=C(O)c1ccc(N2C(=O)C[C@H](N3CCC(O)CC3)C2=O)cc1. The van der Waals surface area contributed by atoms with E-state index in [4.69, 9.17) is 5.11 Å². The molecule has 2 aliphatic rings. The lowest BCUT2D eigenvalue weighted by Crippen LogP contribution is -2.46. The first-order chi connectivity index (χ1) is 11.0. The van der Waals surface area contributed by atoms with E-state index < -0.39 is 12.0 Å². The fraction of sp³-hybridized carbons (Fsp3) is 0.438. The number of anilines is 1. The number of imide groups is 1. The Kier molecular flexibility index (Phi) is 4.14. The molecule has 2 saturated heterocycles. The van der Waals surface area contributed by atoms with Gasteiger partial charge in [0.15, 0.2) is 0 Å². The highest BCUT2D eigenvalue weighted by molar-refractivity contribution is 6.22. The first-order valence-electron chi connectivity index (χ1n) is 7.59. The molecule has 0 radical (unpaired) electrons. The highest BCUT2D eigenvalue weighted by Gasteiger charge is 2.43. The normalized spacial score (nSPS) is 23.5. The average molecular weight is 318 g/mol. The number of carboxylic acids is 1. The Labute approximate surface area is 133 Å². The van der Waals surface area contributed by atoms with Gasteiger partial charge in [-0.15, -0.1) is 0 Å². The van der Waals surface area contributed by atoms with Crippen LogP contribution in [0, 0.1) is 0 Å². The van der Waals surface area contributed by atoms with E-state index in [-0.39, 0.29) is 29.9 Å². The van der Waals surface area contributed by atoms with Gasteiger partial charge in [-0.05, 0) is 37.1 Å². The van der Waals surface area contributed by atoms with Crippen molar-refractivity contribution in [2.45, 2.75) is 31.4 Å². The van der Waals surface area contributed by atoms with Gasteiger partial charge in [-0.2, -0.15) is 0 Å². The third-order valence-corrected chi connectivity index (χ3v) is 4.44. The first-order valence-corrected chi connectivity index (χ1v) is 7.59. The predicted octanol–water partition coefficient (Wildman–Crippen LogP) is 0.473. The van der Waals surface area contributed by atoms with Gasteiger partial charge in [0.05, 0.1) is 29.8 Å². The Hall–Kier alpha value is -2.25. The maximum Gasteiger partial charge on any atom is 0.335 e. The molecule has 1 atom stereocenters. The largest absolute Gasteiger partial charge is 0.478 e. The van der Waals surface area contributed by atoms with Crippen LogP contribution in [-0.4, -0.2) is 58.1 Å². The summed E-state index contributed by atoms with van der Waals surface area (Å²) in [5, 5.41) is 18.5. The molecule has 0 spiro atoms. The second-order valence-electron chi connectivity index (χ2n) is 5.91. The van der Waals surface area contributed by atoms with E-state index >= 15 is 0 Å². The van der Waals surface area contributed by atoms with Crippen LogP contribution >= 0.6 is 0 Å². The summed E-state index contributed by atoms with van der Waals surface area (Å²) in [5.74, 6) is -1.62. The first kappa shape index (κ1) is 15.6. The van der Waals surface area contributed by atoms with Crippen LogP contribution in [0.1, 0.15) is 29.6 Å². The molecule has 2 fully saturated rings. The smallest absolute Gasteiger partial charge is 0.335 e. The summed E-state index contributed by atoms with van der Waals surface area (Å²) in [6.07, 6.45) is 0.990. The van der Waals surface area contributed by atoms with Crippen LogP contribution in [0.5, 0.6) is 0 Å². The van der Waals surface area contributed by atoms with Crippen molar-refractivity contribution in [3.8, 4) is 0 Å². The Morgan fingerprint density at radius 3 is 2.26 bits per heavy atom. The van der Waals surface area contributed by atoms with E-state index in [1.165, 1.54) is 24.3 Å². The summed E-state index contributed by atoms with van der Waals surface area (Å²) in [6.45, 7) is 1.19. The molecule has 0 unspecified atom stereocenters. The molecule has 2 heterocycles. The lowest BCUT2D eigenvalue weighted by Gasteiger charge is -2.32. The Morgan fingerprint density at radius 2 is 1.70 bits per heavy atom. The molecule has 0 saturated carbocycles. The van der Waals surface area contributed by atoms with Crippen LogP contribution < -0.4 is 4.90 Å². The molecule has 1 aromatic carbocycles. The molecule has 0 bridgehead atoms. The number of nitrogens with zero attached hydrogens (tertiary/aromatic N) is 2. The maximum absolute atomic E-state index is 12.6. The van der Waals surface area contributed by atoms with Crippen LogP contribution in [0.15, 0.2) is 24.3 Å². The quantitative estimate of drug-likeness (QED) is 0.786. The van der Waals surface area contributed by atoms with Gasteiger partial charge in [-0.25, -0.2) is 9.69 Å². The molecule has 122 valence electrons. The molecular formula is C16H18N2O5. The predicted molar refractivity (Wildman–Crippen MR) is 81.1 cm³/mol. The molecule has 2 amide bonds. The number of carbonyl (C=O) groups is 3. The number of carboxylic acid groups (broad SMARTS) is 1. The number of hydrogen-bond acceptors (Lipinski definition) is 5. The van der Waals surface area contributed by atoms with Gasteiger partial charge < -0.3 is 10.2 Å². The number of aromatic carboxylic acids is 1. The van der Waals surface area contributed by atoms with E-state index in [9.17, 15) is 19.5 Å². The third-order valence-electron chi connectivity index (χ3n) is 4.44. The monoisotopic (exact) mass is 318 g/mol. The number of piperidine rings is 1. The van der Waals surface area contributed by atoms with Gasteiger partial charge in [0.25, 0.3) is 5.91 Å². The number of benzene rings is 1. The van der Waals surface area contributed by atoms with E-state index in [0.717, 1.165) is 4.90 Å². The van der Waals surface area contributed by atoms with Gasteiger partial charge in [-0.3, -0.25) is 14.5 Å². The summed E-state index contributed by atoms with van der Waals surface area (Å²) >= 11 is 0. The number of carbonyl (C=O) groups excluding carboxylic acids is 2. The second kappa shape index (κ2) is 6.10. The minimum atomic E-state index is -1.06. The van der Waals surface area contributed by atoms with E-state index in [0.29, 0.717) is 31.6 Å². The van der Waals surface area contributed by atoms with Gasteiger partial charge in [-0.1, -0.05) is 0 Å². The zero-order valence-corrected chi connectivity index (χ0v) is 12.5. The molecular weight excluding hydrogens is 300 g/mol.